The molecule has 1 heterocycles. The van der Waals surface area contributed by atoms with E-state index in [9.17, 15) is 18.0 Å². The first kappa shape index (κ1) is 10.6. The summed E-state index contributed by atoms with van der Waals surface area (Å²) in [5.41, 5.74) is 0. The minimum atomic E-state index is -3.99. The lowest BCUT2D eigenvalue weighted by molar-refractivity contribution is -0.239. The average Bonchev–Trinajstić information content (AvgIpc) is 2.55. The molecular weight excluding hydrogens is 207 g/mol. The Morgan fingerprint density at radius 3 is 2.85 bits per heavy atom. The number of ether oxygens (including phenoxy) is 1. The monoisotopic (exact) mass is 215 g/mol. The Bertz CT molecular complexity index is 196. The van der Waals surface area contributed by atoms with Crippen molar-refractivity contribution in [2.75, 3.05) is 18.3 Å². The minimum Gasteiger partial charge on any atom is -0.398 e. The highest BCUT2D eigenvalue weighted by Gasteiger charge is 2.37. The van der Waals surface area contributed by atoms with Gasteiger partial charge in [-0.15, -0.1) is 11.8 Å². The molecule has 1 fully saturated rings. The number of thioether (sulfide) groups is 1. The van der Waals surface area contributed by atoms with Crippen molar-refractivity contribution in [3.05, 3.63) is 0 Å². The van der Waals surface area contributed by atoms with Gasteiger partial charge in [0.1, 0.15) is 6.04 Å². The maximum Gasteiger partial charge on any atom is 0.429 e. The molecule has 1 atom stereocenters. The van der Waals surface area contributed by atoms with Gasteiger partial charge in [-0.1, -0.05) is 0 Å². The van der Waals surface area contributed by atoms with Gasteiger partial charge in [-0.2, -0.15) is 8.78 Å². The smallest absolute Gasteiger partial charge is 0.398 e. The summed E-state index contributed by atoms with van der Waals surface area (Å²) in [5, 5.41) is 2.64. The topological polar surface area (TPSA) is 38.3 Å². The predicted molar refractivity (Wildman–Crippen MR) is 41.3 cm³/mol. The van der Waals surface area contributed by atoms with Crippen LogP contribution in [0.3, 0.4) is 0 Å². The molecule has 76 valence electrons. The van der Waals surface area contributed by atoms with E-state index in [1.54, 1.807) is 0 Å². The number of esters is 1. The van der Waals surface area contributed by atoms with Gasteiger partial charge in [0.2, 0.25) is 0 Å². The second-order valence-corrected chi connectivity index (χ2v) is 3.49. The lowest BCUT2D eigenvalue weighted by Crippen LogP contribution is -2.39. The van der Waals surface area contributed by atoms with E-state index in [1.165, 1.54) is 11.8 Å². The zero-order valence-electron chi connectivity index (χ0n) is 6.56. The van der Waals surface area contributed by atoms with Gasteiger partial charge in [0.15, 0.2) is 6.67 Å². The Labute approximate surface area is 77.0 Å². The van der Waals surface area contributed by atoms with E-state index in [1.807, 2.05) is 0 Å². The number of hydrogen-bond acceptors (Lipinski definition) is 4. The first-order valence-electron chi connectivity index (χ1n) is 3.53. The van der Waals surface area contributed by atoms with E-state index in [4.69, 9.17) is 0 Å². The minimum absolute atomic E-state index is 0.376. The molecule has 1 aliphatic rings. The highest BCUT2D eigenvalue weighted by atomic mass is 32.2. The summed E-state index contributed by atoms with van der Waals surface area (Å²) in [6.07, 6.45) is -3.99. The van der Waals surface area contributed by atoms with E-state index in [2.05, 4.69) is 10.1 Å². The lowest BCUT2D eigenvalue weighted by atomic mass is 10.3. The van der Waals surface area contributed by atoms with Crippen LogP contribution in [0.1, 0.15) is 0 Å². The molecule has 13 heavy (non-hydrogen) atoms. The molecule has 1 rings (SSSR count). The van der Waals surface area contributed by atoms with Gasteiger partial charge in [0.05, 0.1) is 0 Å². The van der Waals surface area contributed by atoms with Crippen molar-refractivity contribution in [2.24, 2.45) is 0 Å². The first-order chi connectivity index (χ1) is 6.05. The zero-order chi connectivity index (χ0) is 9.90. The molecule has 7 heteroatoms. The van der Waals surface area contributed by atoms with E-state index in [-0.39, 0.29) is 0 Å². The number of rotatable bonds is 3. The summed E-state index contributed by atoms with van der Waals surface area (Å²) in [4.78, 5) is 10.9. The summed E-state index contributed by atoms with van der Waals surface area (Å²) in [5.74, 6) is -0.213. The third kappa shape index (κ3) is 3.07. The summed E-state index contributed by atoms with van der Waals surface area (Å²) >= 11 is 1.39. The number of alkyl halides is 3. The van der Waals surface area contributed by atoms with Crippen LogP contribution < -0.4 is 5.32 Å². The maximum absolute atomic E-state index is 12.2. The second-order valence-electron chi connectivity index (χ2n) is 2.46. The van der Waals surface area contributed by atoms with Crippen molar-refractivity contribution in [1.29, 1.82) is 0 Å². The number of carbonyl (C=O) groups is 1. The van der Waals surface area contributed by atoms with E-state index < -0.39 is 24.8 Å². The third-order valence-electron chi connectivity index (χ3n) is 1.41. The summed E-state index contributed by atoms with van der Waals surface area (Å²) in [7, 11) is 0. The van der Waals surface area contributed by atoms with Crippen LogP contribution in [0.4, 0.5) is 13.2 Å². The number of carbonyl (C=O) groups excluding carboxylic acids is 1. The van der Waals surface area contributed by atoms with Gasteiger partial charge < -0.3 is 4.74 Å². The van der Waals surface area contributed by atoms with E-state index >= 15 is 0 Å². The molecule has 0 aliphatic carbocycles. The van der Waals surface area contributed by atoms with Crippen LogP contribution in [0, 0.1) is 0 Å². The van der Waals surface area contributed by atoms with E-state index in [0.717, 1.165) is 0 Å². The fraction of sp³-hybridized carbons (Fsp3) is 0.833. The van der Waals surface area contributed by atoms with Gasteiger partial charge in [-0.25, -0.2) is 4.39 Å². The van der Waals surface area contributed by atoms with Crippen LogP contribution in [0.25, 0.3) is 0 Å². The van der Waals surface area contributed by atoms with Gasteiger partial charge in [-0.05, 0) is 0 Å². The molecule has 0 aromatic rings. The van der Waals surface area contributed by atoms with Crippen molar-refractivity contribution in [3.63, 3.8) is 0 Å². The molecular formula is C6H8F3NO2S. The SMILES string of the molecule is O=C(OC(F)(F)CF)C1CSCN1. The standard InChI is InChI=1S/C6H8F3NO2S/c7-2-6(8,9)12-5(11)4-1-13-3-10-4/h4,10H,1-3H2. The van der Waals surface area contributed by atoms with Crippen molar-refractivity contribution in [2.45, 2.75) is 12.2 Å². The molecule has 0 aromatic heterocycles. The zero-order valence-corrected chi connectivity index (χ0v) is 7.37. The second kappa shape index (κ2) is 4.19. The molecule has 0 aromatic carbocycles. The van der Waals surface area contributed by atoms with E-state index in [0.29, 0.717) is 11.6 Å². The van der Waals surface area contributed by atoms with Crippen LogP contribution in [-0.4, -0.2) is 36.4 Å². The van der Waals surface area contributed by atoms with Crippen molar-refractivity contribution in [1.82, 2.24) is 5.32 Å². The number of nitrogens with one attached hydrogen (secondary N) is 1. The summed E-state index contributed by atoms with van der Waals surface area (Å²) in [6.45, 7) is -1.99. The Balaban J connectivity index is 2.40. The molecule has 0 spiro atoms. The molecule has 1 unspecified atom stereocenters. The fourth-order valence-corrected chi connectivity index (χ4v) is 1.72. The van der Waals surface area contributed by atoms with Gasteiger partial charge in [0.25, 0.3) is 0 Å². The molecule has 0 saturated carbocycles. The van der Waals surface area contributed by atoms with Gasteiger partial charge in [-0.3, -0.25) is 10.1 Å². The molecule has 1 aliphatic heterocycles. The normalized spacial score (nSPS) is 23.2. The van der Waals surface area contributed by atoms with Gasteiger partial charge in [0, 0.05) is 11.6 Å². The highest BCUT2D eigenvalue weighted by Crippen LogP contribution is 2.19. The van der Waals surface area contributed by atoms with Crippen LogP contribution in [0.5, 0.6) is 0 Å². The molecule has 0 amide bonds. The average molecular weight is 215 g/mol. The van der Waals surface area contributed by atoms with Crippen LogP contribution in [-0.2, 0) is 9.53 Å². The Morgan fingerprint density at radius 1 is 1.69 bits per heavy atom. The van der Waals surface area contributed by atoms with Crippen LogP contribution >= 0.6 is 11.8 Å². The number of hydrogen-bond donors (Lipinski definition) is 1. The van der Waals surface area contributed by atoms with Crippen LogP contribution in [0.2, 0.25) is 0 Å². The molecule has 0 radical (unpaired) electrons. The van der Waals surface area contributed by atoms with Gasteiger partial charge >= 0.3 is 12.1 Å². The molecule has 0 bridgehead atoms. The fourth-order valence-electron chi connectivity index (χ4n) is 0.792. The van der Waals surface area contributed by atoms with Crippen LogP contribution in [0.15, 0.2) is 0 Å². The Hall–Kier alpha value is -0.430. The third-order valence-corrected chi connectivity index (χ3v) is 2.35. The highest BCUT2D eigenvalue weighted by molar-refractivity contribution is 7.99. The number of halogens is 3. The maximum atomic E-state index is 12.2. The molecule has 3 nitrogen and oxygen atoms in total. The first-order valence-corrected chi connectivity index (χ1v) is 4.68. The van der Waals surface area contributed by atoms with Crippen molar-refractivity contribution < 1.29 is 22.7 Å². The lowest BCUT2D eigenvalue weighted by Gasteiger charge is -2.15. The molecule has 1 saturated heterocycles. The Kier molecular flexibility index (Phi) is 3.43. The largest absolute Gasteiger partial charge is 0.429 e. The summed E-state index contributed by atoms with van der Waals surface area (Å²) in [6, 6.07) is -0.748. The quantitative estimate of drug-likeness (QED) is 0.705. The van der Waals surface area contributed by atoms with Crippen molar-refractivity contribution >= 4 is 17.7 Å². The predicted octanol–water partition coefficient (Wildman–Crippen LogP) is 0.754. The molecule has 1 N–H and O–H groups in total. The van der Waals surface area contributed by atoms with Crippen molar-refractivity contribution in [3.8, 4) is 0 Å². The Morgan fingerprint density at radius 2 is 2.38 bits per heavy atom. The summed E-state index contributed by atoms with van der Waals surface area (Å²) < 4.78 is 39.6.